The second kappa shape index (κ2) is 7.05. The van der Waals surface area contributed by atoms with E-state index in [1.165, 1.54) is 6.20 Å². The Morgan fingerprint density at radius 3 is 2.43 bits per heavy atom. The van der Waals surface area contributed by atoms with Crippen LogP contribution in [0, 0.1) is 0 Å². The van der Waals surface area contributed by atoms with Gasteiger partial charge < -0.3 is 0 Å². The summed E-state index contributed by atoms with van der Waals surface area (Å²) in [5.74, 6) is -0.987. The zero-order valence-corrected chi connectivity index (χ0v) is 12.7. The molecule has 124 valence electrons. The standard InChI is InChI=1S/C14H14F3N3O2S/c15-14(16,17)4-8-23(21,22)20-10-11-1-7-19-13(9-11)12-2-5-18-6-3-12/h1-3,5-7,9,20H,4,8,10H2. The van der Waals surface area contributed by atoms with E-state index >= 15 is 0 Å². The van der Waals surface area contributed by atoms with E-state index in [1.54, 1.807) is 36.7 Å². The van der Waals surface area contributed by atoms with Crippen molar-refractivity contribution in [3.05, 3.63) is 48.4 Å². The first-order valence-electron chi connectivity index (χ1n) is 6.65. The molecule has 0 aliphatic rings. The number of hydrogen-bond donors (Lipinski definition) is 1. The van der Waals surface area contributed by atoms with E-state index in [4.69, 9.17) is 0 Å². The predicted molar refractivity (Wildman–Crippen MR) is 78.8 cm³/mol. The van der Waals surface area contributed by atoms with E-state index < -0.39 is 28.4 Å². The van der Waals surface area contributed by atoms with Gasteiger partial charge in [0.25, 0.3) is 0 Å². The van der Waals surface area contributed by atoms with E-state index in [9.17, 15) is 21.6 Å². The minimum atomic E-state index is -4.50. The normalized spacial score (nSPS) is 12.3. The minimum Gasteiger partial charge on any atom is -0.265 e. The third kappa shape index (κ3) is 5.95. The van der Waals surface area contributed by atoms with Gasteiger partial charge in [0.15, 0.2) is 0 Å². The van der Waals surface area contributed by atoms with Gasteiger partial charge in [-0.15, -0.1) is 0 Å². The molecule has 0 aliphatic heterocycles. The molecule has 0 fully saturated rings. The van der Waals surface area contributed by atoms with Crippen LogP contribution in [0.25, 0.3) is 11.3 Å². The molecule has 0 spiro atoms. The van der Waals surface area contributed by atoms with Crippen molar-refractivity contribution in [2.75, 3.05) is 5.75 Å². The van der Waals surface area contributed by atoms with E-state index in [2.05, 4.69) is 14.7 Å². The number of alkyl halides is 3. The van der Waals surface area contributed by atoms with Crippen molar-refractivity contribution in [1.29, 1.82) is 0 Å². The fourth-order valence-electron chi connectivity index (χ4n) is 1.78. The van der Waals surface area contributed by atoms with Crippen LogP contribution < -0.4 is 4.72 Å². The molecule has 23 heavy (non-hydrogen) atoms. The maximum absolute atomic E-state index is 12.1. The van der Waals surface area contributed by atoms with Gasteiger partial charge in [0, 0.05) is 30.7 Å². The Labute approximate surface area is 131 Å². The van der Waals surface area contributed by atoms with Crippen molar-refractivity contribution in [3.8, 4) is 11.3 Å². The lowest BCUT2D eigenvalue weighted by atomic mass is 10.1. The third-order valence-corrected chi connectivity index (χ3v) is 4.28. The van der Waals surface area contributed by atoms with E-state index in [1.807, 2.05) is 0 Å². The maximum atomic E-state index is 12.1. The van der Waals surface area contributed by atoms with Gasteiger partial charge in [0.1, 0.15) is 0 Å². The van der Waals surface area contributed by atoms with Crippen LogP contribution in [0.15, 0.2) is 42.9 Å². The molecule has 0 saturated heterocycles. The minimum absolute atomic E-state index is 0.0964. The lowest BCUT2D eigenvalue weighted by Crippen LogP contribution is -2.28. The van der Waals surface area contributed by atoms with Crippen LogP contribution in [-0.2, 0) is 16.6 Å². The second-order valence-corrected chi connectivity index (χ2v) is 6.72. The summed E-state index contributed by atoms with van der Waals surface area (Å²) in [5.41, 5.74) is 2.03. The van der Waals surface area contributed by atoms with Crippen LogP contribution in [0.5, 0.6) is 0 Å². The molecule has 9 heteroatoms. The molecule has 5 nitrogen and oxygen atoms in total. The Bertz CT molecular complexity index is 749. The third-order valence-electron chi connectivity index (χ3n) is 2.95. The van der Waals surface area contributed by atoms with Crippen LogP contribution >= 0.6 is 0 Å². The molecule has 0 unspecified atom stereocenters. The van der Waals surface area contributed by atoms with Gasteiger partial charge in [-0.05, 0) is 29.8 Å². The monoisotopic (exact) mass is 345 g/mol. The first-order chi connectivity index (χ1) is 10.8. The first kappa shape index (κ1) is 17.4. The SMILES string of the molecule is O=S(=O)(CCC(F)(F)F)NCc1ccnc(-c2ccncc2)c1. The van der Waals surface area contributed by atoms with Crippen LogP contribution in [0.3, 0.4) is 0 Å². The Balaban J connectivity index is 2.01. The number of halogens is 3. The molecule has 0 radical (unpaired) electrons. The average molecular weight is 345 g/mol. The van der Waals surface area contributed by atoms with Crippen LogP contribution in [-0.4, -0.2) is 30.3 Å². The highest BCUT2D eigenvalue weighted by molar-refractivity contribution is 7.89. The zero-order chi connectivity index (χ0) is 16.9. The van der Waals surface area contributed by atoms with E-state index in [-0.39, 0.29) is 6.54 Å². The van der Waals surface area contributed by atoms with Crippen molar-refractivity contribution in [1.82, 2.24) is 14.7 Å². The molecule has 0 aromatic carbocycles. The van der Waals surface area contributed by atoms with Crippen molar-refractivity contribution in [3.63, 3.8) is 0 Å². The van der Waals surface area contributed by atoms with Gasteiger partial charge in [-0.1, -0.05) is 0 Å². The van der Waals surface area contributed by atoms with Crippen LogP contribution in [0.1, 0.15) is 12.0 Å². The summed E-state index contributed by atoms with van der Waals surface area (Å²) < 4.78 is 61.6. The molecule has 2 aromatic heterocycles. The summed E-state index contributed by atoms with van der Waals surface area (Å²) in [4.78, 5) is 8.06. The number of nitrogens with one attached hydrogen (secondary N) is 1. The summed E-state index contributed by atoms with van der Waals surface area (Å²) in [6, 6.07) is 6.76. The molecular formula is C14H14F3N3O2S. The number of pyridine rings is 2. The van der Waals surface area contributed by atoms with Crippen molar-refractivity contribution in [2.24, 2.45) is 0 Å². The van der Waals surface area contributed by atoms with Crippen molar-refractivity contribution in [2.45, 2.75) is 19.1 Å². The highest BCUT2D eigenvalue weighted by Crippen LogP contribution is 2.20. The largest absolute Gasteiger partial charge is 0.390 e. The zero-order valence-electron chi connectivity index (χ0n) is 11.9. The molecule has 0 bridgehead atoms. The fraction of sp³-hybridized carbons (Fsp3) is 0.286. The van der Waals surface area contributed by atoms with Gasteiger partial charge in [0.2, 0.25) is 10.0 Å². The maximum Gasteiger partial charge on any atom is 0.390 e. The smallest absolute Gasteiger partial charge is 0.265 e. The molecule has 0 aliphatic carbocycles. The van der Waals surface area contributed by atoms with Gasteiger partial charge in [-0.3, -0.25) is 9.97 Å². The number of nitrogens with zero attached hydrogens (tertiary/aromatic N) is 2. The molecule has 0 amide bonds. The summed E-state index contributed by atoms with van der Waals surface area (Å²) in [5, 5.41) is 0. The predicted octanol–water partition coefficient (Wildman–Crippen LogP) is 2.52. The van der Waals surface area contributed by atoms with E-state index in [0.29, 0.717) is 11.3 Å². The fourth-order valence-corrected chi connectivity index (χ4v) is 2.81. The van der Waals surface area contributed by atoms with Crippen molar-refractivity contribution < 1.29 is 21.6 Å². The molecule has 0 atom stereocenters. The Morgan fingerprint density at radius 2 is 1.78 bits per heavy atom. The summed E-state index contributed by atoms with van der Waals surface area (Å²) >= 11 is 0. The second-order valence-electron chi connectivity index (χ2n) is 4.79. The topological polar surface area (TPSA) is 72.0 Å². The quantitative estimate of drug-likeness (QED) is 0.873. The molecule has 2 rings (SSSR count). The lowest BCUT2D eigenvalue weighted by molar-refractivity contribution is -0.129. The molecule has 0 saturated carbocycles. The molecular weight excluding hydrogens is 331 g/mol. The molecule has 2 heterocycles. The van der Waals surface area contributed by atoms with Crippen molar-refractivity contribution >= 4 is 10.0 Å². The van der Waals surface area contributed by atoms with Gasteiger partial charge in [-0.25, -0.2) is 13.1 Å². The van der Waals surface area contributed by atoms with Crippen LogP contribution in [0.4, 0.5) is 13.2 Å². The number of rotatable bonds is 6. The number of sulfonamides is 1. The average Bonchev–Trinajstić information content (AvgIpc) is 2.52. The summed E-state index contributed by atoms with van der Waals surface area (Å²) in [6.07, 6.45) is -1.16. The van der Waals surface area contributed by atoms with Crippen LogP contribution in [0.2, 0.25) is 0 Å². The Hall–Kier alpha value is -2.00. The number of aromatic nitrogens is 2. The Morgan fingerprint density at radius 1 is 1.09 bits per heavy atom. The Kier molecular flexibility index (Phi) is 5.32. The lowest BCUT2D eigenvalue weighted by Gasteiger charge is -2.09. The highest BCUT2D eigenvalue weighted by atomic mass is 32.2. The molecule has 1 N–H and O–H groups in total. The van der Waals surface area contributed by atoms with Gasteiger partial charge in [0.05, 0.1) is 17.9 Å². The van der Waals surface area contributed by atoms with Gasteiger partial charge >= 0.3 is 6.18 Å². The number of hydrogen-bond acceptors (Lipinski definition) is 4. The summed E-state index contributed by atoms with van der Waals surface area (Å²) in [6.45, 7) is -0.0964. The molecule has 2 aromatic rings. The first-order valence-corrected chi connectivity index (χ1v) is 8.30. The summed E-state index contributed by atoms with van der Waals surface area (Å²) in [7, 11) is -3.99. The van der Waals surface area contributed by atoms with Gasteiger partial charge in [-0.2, -0.15) is 13.2 Å². The van der Waals surface area contributed by atoms with E-state index in [0.717, 1.165) is 5.56 Å². The highest BCUT2D eigenvalue weighted by Gasteiger charge is 2.29.